The largest absolute Gasteiger partial charge is 0.0622 e. The van der Waals surface area contributed by atoms with E-state index in [1.165, 1.54) is 99.4 Å². The van der Waals surface area contributed by atoms with Gasteiger partial charge in [-0.25, -0.2) is 0 Å². The van der Waals surface area contributed by atoms with Gasteiger partial charge < -0.3 is 0 Å². The molecule has 0 nitrogen and oxygen atoms in total. The molecule has 0 bridgehead atoms. The Kier molecular flexibility index (Phi) is 7.67. The van der Waals surface area contributed by atoms with Crippen LogP contribution in [0, 0.1) is 0 Å². The molecule has 0 radical (unpaired) electrons. The molecule has 0 aromatic heterocycles. The molecule has 0 atom stereocenters. The molecule has 9 aromatic carbocycles. The normalized spacial score (nSPS) is 12.9. The first-order valence-electron chi connectivity index (χ1n) is 19.1. The predicted molar refractivity (Wildman–Crippen MR) is 230 cm³/mol. The average molecular weight is 689 g/mol. The van der Waals surface area contributed by atoms with Crippen molar-refractivity contribution in [2.24, 2.45) is 0 Å². The summed E-state index contributed by atoms with van der Waals surface area (Å²) in [4.78, 5) is 0. The molecule has 10 rings (SSSR count). The van der Waals surface area contributed by atoms with Gasteiger partial charge in [0, 0.05) is 5.41 Å². The minimum Gasteiger partial charge on any atom is -0.0622 e. The van der Waals surface area contributed by atoms with Gasteiger partial charge in [0.1, 0.15) is 0 Å². The van der Waals surface area contributed by atoms with Crippen LogP contribution in [0.4, 0.5) is 0 Å². The SMILES string of the molecule is CC1(C)c2ccccc2-c2ccc(-c3ccc(-c4ccc(-c5ccc(-c6ccc(Cc7ccccc7)cc6)c6ccccc56)c5ccccc45)cc3)cc21. The van der Waals surface area contributed by atoms with Crippen molar-refractivity contribution in [3.05, 3.63) is 216 Å². The molecule has 0 amide bonds. The van der Waals surface area contributed by atoms with Crippen molar-refractivity contribution in [2.45, 2.75) is 25.7 Å². The maximum Gasteiger partial charge on any atom is 0.0159 e. The van der Waals surface area contributed by atoms with E-state index < -0.39 is 0 Å². The van der Waals surface area contributed by atoms with Crippen LogP contribution < -0.4 is 0 Å². The molecule has 0 saturated carbocycles. The zero-order chi connectivity index (χ0) is 36.2. The summed E-state index contributed by atoms with van der Waals surface area (Å²) in [6, 6.07) is 71.8. The number of fused-ring (bicyclic) bond motifs is 5. The molecule has 0 aliphatic heterocycles. The maximum absolute atomic E-state index is 2.41. The van der Waals surface area contributed by atoms with Gasteiger partial charge in [0.05, 0.1) is 0 Å². The van der Waals surface area contributed by atoms with Gasteiger partial charge in [0.15, 0.2) is 0 Å². The molecule has 9 aromatic rings. The number of hydrogen-bond donors (Lipinski definition) is 0. The van der Waals surface area contributed by atoms with Crippen LogP contribution in [0.5, 0.6) is 0 Å². The van der Waals surface area contributed by atoms with E-state index in [2.05, 4.69) is 208 Å². The van der Waals surface area contributed by atoms with E-state index in [4.69, 9.17) is 0 Å². The van der Waals surface area contributed by atoms with Crippen LogP contribution in [0.3, 0.4) is 0 Å². The van der Waals surface area contributed by atoms with E-state index >= 15 is 0 Å². The molecular formula is C54H40. The summed E-state index contributed by atoms with van der Waals surface area (Å²) < 4.78 is 0. The monoisotopic (exact) mass is 688 g/mol. The summed E-state index contributed by atoms with van der Waals surface area (Å²) in [5, 5.41) is 5.07. The Morgan fingerprint density at radius 1 is 0.296 bits per heavy atom. The molecule has 0 unspecified atom stereocenters. The highest BCUT2D eigenvalue weighted by atomic mass is 14.4. The lowest BCUT2D eigenvalue weighted by Gasteiger charge is -2.22. The fraction of sp³-hybridized carbons (Fsp3) is 0.0741. The van der Waals surface area contributed by atoms with Gasteiger partial charge in [-0.05, 0) is 112 Å². The van der Waals surface area contributed by atoms with Gasteiger partial charge in [-0.1, -0.05) is 202 Å². The molecule has 1 aliphatic rings. The first-order valence-corrected chi connectivity index (χ1v) is 19.1. The van der Waals surface area contributed by atoms with Crippen molar-refractivity contribution in [3.8, 4) is 55.6 Å². The van der Waals surface area contributed by atoms with Crippen LogP contribution in [-0.2, 0) is 11.8 Å². The fourth-order valence-electron chi connectivity index (χ4n) is 8.93. The zero-order valence-corrected chi connectivity index (χ0v) is 30.7. The summed E-state index contributed by atoms with van der Waals surface area (Å²) in [5.41, 5.74) is 18.2. The lowest BCUT2D eigenvalue weighted by Crippen LogP contribution is -2.14. The van der Waals surface area contributed by atoms with Crippen molar-refractivity contribution in [1.29, 1.82) is 0 Å². The minimum atomic E-state index is -0.0115. The highest BCUT2D eigenvalue weighted by molar-refractivity contribution is 6.12. The second-order valence-corrected chi connectivity index (χ2v) is 15.3. The summed E-state index contributed by atoms with van der Waals surface area (Å²) in [5.74, 6) is 0. The molecule has 0 heteroatoms. The molecule has 256 valence electrons. The van der Waals surface area contributed by atoms with E-state index in [9.17, 15) is 0 Å². The van der Waals surface area contributed by atoms with E-state index in [0.717, 1.165) is 6.42 Å². The van der Waals surface area contributed by atoms with Crippen molar-refractivity contribution >= 4 is 21.5 Å². The predicted octanol–water partition coefficient (Wildman–Crippen LogP) is 14.6. The van der Waals surface area contributed by atoms with Crippen molar-refractivity contribution in [2.75, 3.05) is 0 Å². The third-order valence-corrected chi connectivity index (χ3v) is 11.8. The Balaban J connectivity index is 0.988. The summed E-state index contributed by atoms with van der Waals surface area (Å²) in [6.45, 7) is 4.70. The summed E-state index contributed by atoms with van der Waals surface area (Å²) in [7, 11) is 0. The Hall–Kier alpha value is -6.50. The van der Waals surface area contributed by atoms with Crippen molar-refractivity contribution < 1.29 is 0 Å². The number of rotatable bonds is 6. The van der Waals surface area contributed by atoms with Gasteiger partial charge in [0.25, 0.3) is 0 Å². The van der Waals surface area contributed by atoms with Crippen LogP contribution >= 0.6 is 0 Å². The summed E-state index contributed by atoms with van der Waals surface area (Å²) >= 11 is 0. The molecule has 0 N–H and O–H groups in total. The minimum absolute atomic E-state index is 0.0115. The number of hydrogen-bond acceptors (Lipinski definition) is 0. The second kappa shape index (κ2) is 12.9. The van der Waals surface area contributed by atoms with Crippen LogP contribution in [0.25, 0.3) is 77.2 Å². The lowest BCUT2D eigenvalue weighted by molar-refractivity contribution is 0.660. The topological polar surface area (TPSA) is 0 Å². The third-order valence-electron chi connectivity index (χ3n) is 11.8. The molecular weight excluding hydrogens is 649 g/mol. The van der Waals surface area contributed by atoms with E-state index in [1.807, 2.05) is 0 Å². The highest BCUT2D eigenvalue weighted by Gasteiger charge is 2.35. The van der Waals surface area contributed by atoms with Crippen LogP contribution in [0.15, 0.2) is 194 Å². The van der Waals surface area contributed by atoms with E-state index in [1.54, 1.807) is 0 Å². The van der Waals surface area contributed by atoms with Crippen LogP contribution in [0.1, 0.15) is 36.1 Å². The van der Waals surface area contributed by atoms with Gasteiger partial charge in [-0.2, -0.15) is 0 Å². The molecule has 1 aliphatic carbocycles. The second-order valence-electron chi connectivity index (χ2n) is 15.3. The molecule has 0 fully saturated rings. The zero-order valence-electron chi connectivity index (χ0n) is 30.7. The third kappa shape index (κ3) is 5.37. The van der Waals surface area contributed by atoms with Gasteiger partial charge in [-0.15, -0.1) is 0 Å². The highest BCUT2D eigenvalue weighted by Crippen LogP contribution is 2.49. The quantitative estimate of drug-likeness (QED) is 0.163. The first-order chi connectivity index (χ1) is 26.5. The van der Waals surface area contributed by atoms with Gasteiger partial charge in [-0.3, -0.25) is 0 Å². The molecule has 0 saturated heterocycles. The smallest absolute Gasteiger partial charge is 0.0159 e. The Bertz CT molecular complexity index is 2840. The lowest BCUT2D eigenvalue weighted by atomic mass is 9.81. The average Bonchev–Trinajstić information content (AvgIpc) is 3.46. The Labute approximate surface area is 318 Å². The maximum atomic E-state index is 2.41. The Morgan fingerprint density at radius 3 is 1.31 bits per heavy atom. The molecule has 0 heterocycles. The molecule has 54 heavy (non-hydrogen) atoms. The van der Waals surface area contributed by atoms with E-state index in [-0.39, 0.29) is 5.41 Å². The molecule has 0 spiro atoms. The fourth-order valence-corrected chi connectivity index (χ4v) is 8.93. The van der Waals surface area contributed by atoms with Gasteiger partial charge >= 0.3 is 0 Å². The standard InChI is InChI=1S/C54H40/c1-54(2)52-19-11-10-18-50(52)51-29-28-41(35-53(51)54)38-24-26-40(27-25-38)43-31-33-49(47-17-9-7-15-45(43)47)48-32-30-42(44-14-6-8-16-46(44)48)39-22-20-37(21-23-39)34-36-12-4-3-5-13-36/h3-33,35H,34H2,1-2H3. The van der Waals surface area contributed by atoms with Crippen molar-refractivity contribution in [1.82, 2.24) is 0 Å². The Morgan fingerprint density at radius 2 is 0.704 bits per heavy atom. The van der Waals surface area contributed by atoms with Crippen LogP contribution in [-0.4, -0.2) is 0 Å². The van der Waals surface area contributed by atoms with Gasteiger partial charge in [0.2, 0.25) is 0 Å². The summed E-state index contributed by atoms with van der Waals surface area (Å²) in [6.07, 6.45) is 0.941. The van der Waals surface area contributed by atoms with E-state index in [0.29, 0.717) is 0 Å². The van der Waals surface area contributed by atoms with Crippen LogP contribution in [0.2, 0.25) is 0 Å². The van der Waals surface area contributed by atoms with Crippen molar-refractivity contribution in [3.63, 3.8) is 0 Å². The first kappa shape index (κ1) is 32.2. The number of benzene rings is 9.